The van der Waals surface area contributed by atoms with E-state index in [1.807, 2.05) is 20.8 Å². The predicted molar refractivity (Wildman–Crippen MR) is 64.6 cm³/mol. The Bertz CT molecular complexity index is 369. The molecule has 0 spiro atoms. The largest absolute Gasteiger partial charge is 0.369 e. The molecule has 88 valence electrons. The molecule has 1 N–H and O–H groups in total. The van der Waals surface area contributed by atoms with E-state index in [-0.39, 0.29) is 5.78 Å². The van der Waals surface area contributed by atoms with Crippen molar-refractivity contribution in [3.8, 4) is 0 Å². The van der Waals surface area contributed by atoms with E-state index in [1.54, 1.807) is 6.20 Å². The van der Waals surface area contributed by atoms with Crippen molar-refractivity contribution >= 4 is 11.6 Å². The fraction of sp³-hybridized carbons (Fsp3) is 0.583. The number of anilines is 1. The minimum atomic E-state index is -0.409. The van der Waals surface area contributed by atoms with Crippen LogP contribution in [0.3, 0.4) is 0 Å². The summed E-state index contributed by atoms with van der Waals surface area (Å²) in [6, 6.07) is 0. The number of hydrogen-bond donors (Lipinski definition) is 1. The first-order valence-electron chi connectivity index (χ1n) is 5.55. The number of ketones is 1. The van der Waals surface area contributed by atoms with Gasteiger partial charge in [-0.05, 0) is 6.42 Å². The lowest BCUT2D eigenvalue weighted by atomic mass is 9.87. The third-order valence-electron chi connectivity index (χ3n) is 2.18. The molecule has 0 fully saturated rings. The van der Waals surface area contributed by atoms with Gasteiger partial charge in [0.05, 0.1) is 5.56 Å². The van der Waals surface area contributed by atoms with Crippen LogP contribution < -0.4 is 5.32 Å². The summed E-state index contributed by atoms with van der Waals surface area (Å²) in [5.41, 5.74) is 0.163. The van der Waals surface area contributed by atoms with Crippen molar-refractivity contribution in [1.29, 1.82) is 0 Å². The molecule has 0 bridgehead atoms. The average molecular weight is 221 g/mol. The molecular formula is C12H19N3O. The summed E-state index contributed by atoms with van der Waals surface area (Å²) in [5.74, 6) is 0.698. The van der Waals surface area contributed by atoms with Crippen molar-refractivity contribution in [3.63, 3.8) is 0 Å². The monoisotopic (exact) mass is 221 g/mol. The zero-order chi connectivity index (χ0) is 12.2. The van der Waals surface area contributed by atoms with Gasteiger partial charge >= 0.3 is 0 Å². The number of carbonyl (C=O) groups excluding carboxylic acids is 1. The molecule has 1 heterocycles. The lowest BCUT2D eigenvalue weighted by Gasteiger charge is -2.18. The van der Waals surface area contributed by atoms with Crippen LogP contribution in [0.5, 0.6) is 0 Å². The Morgan fingerprint density at radius 2 is 2.12 bits per heavy atom. The fourth-order valence-corrected chi connectivity index (χ4v) is 1.28. The van der Waals surface area contributed by atoms with E-state index in [0.717, 1.165) is 13.0 Å². The topological polar surface area (TPSA) is 54.9 Å². The smallest absolute Gasteiger partial charge is 0.173 e. The molecule has 0 unspecified atom stereocenters. The second-order valence-corrected chi connectivity index (χ2v) is 4.79. The van der Waals surface area contributed by atoms with Crippen molar-refractivity contribution in [1.82, 2.24) is 9.97 Å². The molecule has 0 radical (unpaired) electrons. The van der Waals surface area contributed by atoms with Gasteiger partial charge in [-0.15, -0.1) is 0 Å². The minimum Gasteiger partial charge on any atom is -0.369 e. The fourth-order valence-electron chi connectivity index (χ4n) is 1.28. The summed E-state index contributed by atoms with van der Waals surface area (Å²) >= 11 is 0. The highest BCUT2D eigenvalue weighted by Crippen LogP contribution is 2.23. The Kier molecular flexibility index (Phi) is 3.99. The van der Waals surface area contributed by atoms with Gasteiger partial charge in [-0.3, -0.25) is 4.79 Å². The first kappa shape index (κ1) is 12.6. The first-order valence-corrected chi connectivity index (χ1v) is 5.55. The molecule has 0 aromatic carbocycles. The SMILES string of the molecule is CCCNc1ncncc1C(=O)C(C)(C)C. The molecule has 0 atom stereocenters. The van der Waals surface area contributed by atoms with Crippen LogP contribution in [0, 0.1) is 5.41 Å². The number of carbonyl (C=O) groups is 1. The third-order valence-corrected chi connectivity index (χ3v) is 2.18. The van der Waals surface area contributed by atoms with E-state index in [9.17, 15) is 4.79 Å². The molecule has 16 heavy (non-hydrogen) atoms. The summed E-state index contributed by atoms with van der Waals surface area (Å²) in [4.78, 5) is 20.2. The molecular weight excluding hydrogens is 202 g/mol. The van der Waals surface area contributed by atoms with Gasteiger partial charge in [-0.1, -0.05) is 27.7 Å². The third kappa shape index (κ3) is 3.02. The van der Waals surface area contributed by atoms with Gasteiger partial charge < -0.3 is 5.32 Å². The zero-order valence-electron chi connectivity index (χ0n) is 10.4. The molecule has 0 aliphatic carbocycles. The van der Waals surface area contributed by atoms with Gasteiger partial charge in [-0.2, -0.15) is 0 Å². The van der Waals surface area contributed by atoms with Gasteiger partial charge in [0.25, 0.3) is 0 Å². The van der Waals surface area contributed by atoms with E-state index < -0.39 is 5.41 Å². The van der Waals surface area contributed by atoms with Gasteiger partial charge in [0, 0.05) is 18.2 Å². The molecule has 0 aliphatic rings. The van der Waals surface area contributed by atoms with E-state index >= 15 is 0 Å². The minimum absolute atomic E-state index is 0.0618. The van der Waals surface area contributed by atoms with Gasteiger partial charge in [0.2, 0.25) is 0 Å². The van der Waals surface area contributed by atoms with Crippen LogP contribution in [0.15, 0.2) is 12.5 Å². The lowest BCUT2D eigenvalue weighted by molar-refractivity contribution is 0.0858. The normalized spacial score (nSPS) is 11.2. The summed E-state index contributed by atoms with van der Waals surface area (Å²) in [6.07, 6.45) is 4.03. The Hall–Kier alpha value is -1.45. The molecule has 1 aromatic heterocycles. The standard InChI is InChI=1S/C12H19N3O/c1-5-6-14-11-9(7-13-8-15-11)10(16)12(2,3)4/h7-8H,5-6H2,1-4H3,(H,13,14,15). The lowest BCUT2D eigenvalue weighted by Crippen LogP contribution is -2.22. The molecule has 4 nitrogen and oxygen atoms in total. The van der Waals surface area contributed by atoms with Crippen LogP contribution in [-0.4, -0.2) is 22.3 Å². The summed E-state index contributed by atoms with van der Waals surface area (Å²) in [7, 11) is 0. The van der Waals surface area contributed by atoms with Crippen molar-refractivity contribution in [2.45, 2.75) is 34.1 Å². The van der Waals surface area contributed by atoms with E-state index in [0.29, 0.717) is 11.4 Å². The van der Waals surface area contributed by atoms with Crippen LogP contribution in [0.1, 0.15) is 44.5 Å². The van der Waals surface area contributed by atoms with E-state index in [4.69, 9.17) is 0 Å². The highest BCUT2D eigenvalue weighted by atomic mass is 16.1. The molecule has 0 saturated heterocycles. The maximum Gasteiger partial charge on any atom is 0.173 e. The second kappa shape index (κ2) is 5.05. The number of Topliss-reactive ketones (excluding diaryl/α,β-unsaturated/α-hetero) is 1. The number of aromatic nitrogens is 2. The number of rotatable bonds is 4. The van der Waals surface area contributed by atoms with Crippen LogP contribution in [0.2, 0.25) is 0 Å². The molecule has 1 rings (SSSR count). The highest BCUT2D eigenvalue weighted by molar-refractivity contribution is 6.03. The Labute approximate surface area is 96.5 Å². The van der Waals surface area contributed by atoms with Crippen molar-refractivity contribution in [2.75, 3.05) is 11.9 Å². The number of hydrogen-bond acceptors (Lipinski definition) is 4. The maximum atomic E-state index is 12.1. The Balaban J connectivity index is 2.99. The van der Waals surface area contributed by atoms with Crippen LogP contribution in [-0.2, 0) is 0 Å². The predicted octanol–water partition coefficient (Wildman–Crippen LogP) is 2.53. The van der Waals surface area contributed by atoms with Crippen LogP contribution in [0.4, 0.5) is 5.82 Å². The van der Waals surface area contributed by atoms with Gasteiger partial charge in [0.1, 0.15) is 12.1 Å². The summed E-state index contributed by atoms with van der Waals surface area (Å²) in [5, 5.41) is 3.14. The number of nitrogens with zero attached hydrogens (tertiary/aromatic N) is 2. The molecule has 0 amide bonds. The van der Waals surface area contributed by atoms with E-state index in [1.165, 1.54) is 6.33 Å². The first-order chi connectivity index (χ1) is 7.46. The Morgan fingerprint density at radius 1 is 1.44 bits per heavy atom. The van der Waals surface area contributed by atoms with Crippen molar-refractivity contribution in [3.05, 3.63) is 18.1 Å². The quantitative estimate of drug-likeness (QED) is 0.794. The van der Waals surface area contributed by atoms with Gasteiger partial charge in [0.15, 0.2) is 5.78 Å². The average Bonchev–Trinajstić information content (AvgIpc) is 2.24. The summed E-state index contributed by atoms with van der Waals surface area (Å²) < 4.78 is 0. The van der Waals surface area contributed by atoms with Crippen LogP contribution >= 0.6 is 0 Å². The second-order valence-electron chi connectivity index (χ2n) is 4.79. The zero-order valence-corrected chi connectivity index (χ0v) is 10.4. The highest BCUT2D eigenvalue weighted by Gasteiger charge is 2.25. The van der Waals surface area contributed by atoms with Crippen molar-refractivity contribution in [2.24, 2.45) is 5.41 Å². The molecule has 4 heteroatoms. The molecule has 0 aliphatic heterocycles. The van der Waals surface area contributed by atoms with Crippen molar-refractivity contribution < 1.29 is 4.79 Å². The number of nitrogens with one attached hydrogen (secondary N) is 1. The van der Waals surface area contributed by atoms with Crippen LogP contribution in [0.25, 0.3) is 0 Å². The van der Waals surface area contributed by atoms with E-state index in [2.05, 4.69) is 22.2 Å². The maximum absolute atomic E-state index is 12.1. The molecule has 0 saturated carbocycles. The molecule has 1 aromatic rings. The van der Waals surface area contributed by atoms with Gasteiger partial charge in [-0.25, -0.2) is 9.97 Å². The summed E-state index contributed by atoms with van der Waals surface area (Å²) in [6.45, 7) is 8.56. The Morgan fingerprint density at radius 3 is 2.69 bits per heavy atom.